The zero-order valence-corrected chi connectivity index (χ0v) is 12.7. The Kier molecular flexibility index (Phi) is 4.61. The first-order chi connectivity index (χ1) is 9.84. The minimum absolute atomic E-state index is 0.162. The molecule has 0 aliphatic heterocycles. The molecule has 0 unspecified atom stereocenters. The van der Waals surface area contributed by atoms with Gasteiger partial charge in [0.05, 0.1) is 12.8 Å². The first kappa shape index (κ1) is 15.9. The fourth-order valence-corrected chi connectivity index (χ4v) is 3.29. The molecular formula is C14H17F2NO3S. The lowest BCUT2D eigenvalue weighted by atomic mass is 9.86. The molecule has 1 amide bonds. The molecule has 1 aliphatic rings. The number of hydrogen-bond donors (Lipinski definition) is 1. The Labute approximate surface area is 125 Å². The summed E-state index contributed by atoms with van der Waals surface area (Å²) in [4.78, 5) is 24.1. The predicted molar refractivity (Wildman–Crippen MR) is 75.9 cm³/mol. The molecule has 1 heterocycles. The first-order valence-corrected chi connectivity index (χ1v) is 7.57. The summed E-state index contributed by atoms with van der Waals surface area (Å²) in [5.74, 6) is -3.92. The maximum absolute atomic E-state index is 13.1. The smallest absolute Gasteiger partial charge is 0.350 e. The normalized spacial score (nSPS) is 18.3. The van der Waals surface area contributed by atoms with E-state index in [1.54, 1.807) is 12.3 Å². The van der Waals surface area contributed by atoms with Crippen molar-refractivity contribution in [3.63, 3.8) is 0 Å². The van der Waals surface area contributed by atoms with Gasteiger partial charge in [-0.2, -0.15) is 0 Å². The quantitative estimate of drug-likeness (QED) is 0.867. The molecule has 0 spiro atoms. The van der Waals surface area contributed by atoms with Crippen molar-refractivity contribution in [2.75, 3.05) is 12.4 Å². The highest BCUT2D eigenvalue weighted by atomic mass is 32.1. The van der Waals surface area contributed by atoms with Crippen LogP contribution in [-0.2, 0) is 9.53 Å². The highest BCUT2D eigenvalue weighted by Crippen LogP contribution is 2.37. The number of amides is 1. The van der Waals surface area contributed by atoms with Crippen LogP contribution >= 0.6 is 11.3 Å². The van der Waals surface area contributed by atoms with E-state index in [0.29, 0.717) is 10.6 Å². The van der Waals surface area contributed by atoms with Crippen LogP contribution in [0.25, 0.3) is 0 Å². The number of carbonyl (C=O) groups is 2. The van der Waals surface area contributed by atoms with Crippen LogP contribution in [-0.4, -0.2) is 24.9 Å². The SMILES string of the molecule is COC(=O)c1scc(C)c1NC(=O)C1CCC(F)(F)CC1. The number of nitrogens with one attached hydrogen (secondary N) is 1. The number of thiophene rings is 1. The standard InChI is InChI=1S/C14H17F2NO3S/c1-8-7-21-11(13(19)20-2)10(8)17-12(18)9-3-5-14(15,16)6-4-9/h7,9H,3-6H2,1-2H3,(H,17,18). The number of carbonyl (C=O) groups excluding carboxylic acids is 2. The second kappa shape index (κ2) is 6.09. The van der Waals surface area contributed by atoms with Crippen molar-refractivity contribution < 1.29 is 23.1 Å². The number of halogens is 2. The zero-order chi connectivity index (χ0) is 15.6. The predicted octanol–water partition coefficient (Wildman–Crippen LogP) is 3.61. The van der Waals surface area contributed by atoms with Crippen LogP contribution in [0.15, 0.2) is 5.38 Å². The van der Waals surface area contributed by atoms with Gasteiger partial charge in [-0.3, -0.25) is 4.79 Å². The summed E-state index contributed by atoms with van der Waals surface area (Å²) in [7, 11) is 1.27. The topological polar surface area (TPSA) is 55.4 Å². The van der Waals surface area contributed by atoms with E-state index >= 15 is 0 Å². The van der Waals surface area contributed by atoms with Gasteiger partial charge >= 0.3 is 5.97 Å². The van der Waals surface area contributed by atoms with Gasteiger partial charge in [-0.15, -0.1) is 11.3 Å². The maximum Gasteiger partial charge on any atom is 0.350 e. The summed E-state index contributed by atoms with van der Waals surface area (Å²) < 4.78 is 30.9. The molecule has 4 nitrogen and oxygen atoms in total. The Morgan fingerprint density at radius 2 is 2.00 bits per heavy atom. The third-order valence-electron chi connectivity index (χ3n) is 3.68. The van der Waals surface area contributed by atoms with Crippen molar-refractivity contribution in [3.8, 4) is 0 Å². The molecule has 1 saturated carbocycles. The van der Waals surface area contributed by atoms with E-state index in [1.807, 2.05) is 0 Å². The van der Waals surface area contributed by atoms with E-state index in [-0.39, 0.29) is 31.6 Å². The Bertz CT molecular complexity index is 546. The third-order valence-corrected chi connectivity index (χ3v) is 4.76. The van der Waals surface area contributed by atoms with Crippen LogP contribution in [0.5, 0.6) is 0 Å². The van der Waals surface area contributed by atoms with Gasteiger partial charge < -0.3 is 10.1 Å². The summed E-state index contributed by atoms with van der Waals surface area (Å²) in [5.41, 5.74) is 1.18. The van der Waals surface area contributed by atoms with Crippen LogP contribution in [0, 0.1) is 12.8 Å². The molecule has 7 heteroatoms. The Hall–Kier alpha value is -1.50. The number of alkyl halides is 2. The summed E-state index contributed by atoms with van der Waals surface area (Å²) >= 11 is 1.19. The van der Waals surface area contributed by atoms with Gasteiger partial charge in [0.25, 0.3) is 0 Å². The van der Waals surface area contributed by atoms with E-state index in [9.17, 15) is 18.4 Å². The number of esters is 1. The number of anilines is 1. The van der Waals surface area contributed by atoms with Crippen molar-refractivity contribution in [2.24, 2.45) is 5.92 Å². The fraction of sp³-hybridized carbons (Fsp3) is 0.571. The molecule has 1 aliphatic carbocycles. The second-order valence-corrected chi connectivity index (χ2v) is 6.11. The number of aryl methyl sites for hydroxylation is 1. The highest BCUT2D eigenvalue weighted by molar-refractivity contribution is 7.12. The molecule has 1 fully saturated rings. The molecule has 116 valence electrons. The third kappa shape index (κ3) is 3.58. The van der Waals surface area contributed by atoms with Crippen LogP contribution in [0.3, 0.4) is 0 Å². The van der Waals surface area contributed by atoms with Gasteiger partial charge in [0.2, 0.25) is 11.8 Å². The van der Waals surface area contributed by atoms with Crippen molar-refractivity contribution in [2.45, 2.75) is 38.5 Å². The zero-order valence-electron chi connectivity index (χ0n) is 11.9. The van der Waals surface area contributed by atoms with Gasteiger partial charge in [0, 0.05) is 18.8 Å². The lowest BCUT2D eigenvalue weighted by Crippen LogP contribution is -2.32. The summed E-state index contributed by atoms with van der Waals surface area (Å²) in [5, 5.41) is 4.44. The molecule has 1 aromatic heterocycles. The molecule has 0 atom stereocenters. The first-order valence-electron chi connectivity index (χ1n) is 6.69. The minimum atomic E-state index is -2.66. The van der Waals surface area contributed by atoms with Crippen LogP contribution in [0.1, 0.15) is 40.9 Å². The van der Waals surface area contributed by atoms with E-state index in [2.05, 4.69) is 10.1 Å². The fourth-order valence-electron chi connectivity index (χ4n) is 2.37. The Morgan fingerprint density at radius 3 is 2.57 bits per heavy atom. The Balaban J connectivity index is 2.07. The monoisotopic (exact) mass is 317 g/mol. The van der Waals surface area contributed by atoms with Crippen molar-refractivity contribution in [1.82, 2.24) is 0 Å². The molecule has 0 bridgehead atoms. The maximum atomic E-state index is 13.1. The summed E-state index contributed by atoms with van der Waals surface area (Å²) in [6.45, 7) is 1.77. The largest absolute Gasteiger partial charge is 0.465 e. The molecule has 0 radical (unpaired) electrons. The van der Waals surface area contributed by atoms with E-state index in [4.69, 9.17) is 0 Å². The molecule has 21 heavy (non-hydrogen) atoms. The molecule has 1 aromatic rings. The van der Waals surface area contributed by atoms with Gasteiger partial charge in [0.15, 0.2) is 0 Å². The van der Waals surface area contributed by atoms with Crippen LogP contribution in [0.2, 0.25) is 0 Å². The van der Waals surface area contributed by atoms with Gasteiger partial charge in [0.1, 0.15) is 4.88 Å². The molecular weight excluding hydrogens is 300 g/mol. The van der Waals surface area contributed by atoms with Crippen molar-refractivity contribution in [3.05, 3.63) is 15.8 Å². The van der Waals surface area contributed by atoms with Gasteiger partial charge in [-0.25, -0.2) is 13.6 Å². The minimum Gasteiger partial charge on any atom is -0.465 e. The van der Waals surface area contributed by atoms with Gasteiger partial charge in [-0.05, 0) is 30.7 Å². The van der Waals surface area contributed by atoms with Crippen LogP contribution < -0.4 is 5.32 Å². The number of ether oxygens (including phenoxy) is 1. The van der Waals surface area contributed by atoms with E-state index in [1.165, 1.54) is 18.4 Å². The van der Waals surface area contributed by atoms with E-state index < -0.39 is 17.8 Å². The average Bonchev–Trinajstić information content (AvgIpc) is 2.79. The van der Waals surface area contributed by atoms with Crippen molar-refractivity contribution >= 4 is 28.9 Å². The van der Waals surface area contributed by atoms with Crippen molar-refractivity contribution in [1.29, 1.82) is 0 Å². The molecule has 0 aromatic carbocycles. The summed E-state index contributed by atoms with van der Waals surface area (Å²) in [6.07, 6.45) is -0.208. The lowest BCUT2D eigenvalue weighted by Gasteiger charge is -2.27. The van der Waals surface area contributed by atoms with Crippen LogP contribution in [0.4, 0.5) is 14.5 Å². The Morgan fingerprint density at radius 1 is 1.38 bits per heavy atom. The lowest BCUT2D eigenvalue weighted by molar-refractivity contribution is -0.124. The molecule has 1 N–H and O–H groups in total. The second-order valence-electron chi connectivity index (χ2n) is 5.23. The summed E-state index contributed by atoms with van der Waals surface area (Å²) in [6, 6.07) is 0. The molecule has 2 rings (SSSR count). The average molecular weight is 317 g/mol. The number of methoxy groups -OCH3 is 1. The molecule has 0 saturated heterocycles. The van der Waals surface area contributed by atoms with E-state index in [0.717, 1.165) is 5.56 Å². The highest BCUT2D eigenvalue weighted by Gasteiger charge is 2.37. The number of rotatable bonds is 3. The van der Waals surface area contributed by atoms with Gasteiger partial charge in [-0.1, -0.05) is 0 Å². The number of hydrogen-bond acceptors (Lipinski definition) is 4.